The molecule has 0 fully saturated rings. The molecule has 0 amide bonds. The molecule has 5 nitrogen and oxygen atoms in total. The Morgan fingerprint density at radius 3 is 2.61 bits per heavy atom. The van der Waals surface area contributed by atoms with Gasteiger partial charge < -0.3 is 9.67 Å². The summed E-state index contributed by atoms with van der Waals surface area (Å²) in [7, 11) is 0. The first-order valence-corrected chi connectivity index (χ1v) is 9.03. The van der Waals surface area contributed by atoms with Crippen LogP contribution in [-0.4, -0.2) is 19.3 Å². The van der Waals surface area contributed by atoms with Crippen LogP contribution in [0.25, 0.3) is 16.8 Å². The molecule has 1 N–H and O–H groups in total. The molecule has 28 heavy (non-hydrogen) atoms. The quantitative estimate of drug-likeness (QED) is 0.591. The third-order valence-corrected chi connectivity index (χ3v) is 5.04. The number of aliphatic hydroxyl groups excluding tert-OH is 1. The lowest BCUT2D eigenvalue weighted by Gasteiger charge is -2.13. The van der Waals surface area contributed by atoms with Gasteiger partial charge in [0, 0.05) is 23.5 Å². The summed E-state index contributed by atoms with van der Waals surface area (Å²) in [6.07, 6.45) is 2.09. The molecule has 1 atom stereocenters. The number of aliphatic hydroxyl groups is 1. The molecule has 0 aliphatic rings. The van der Waals surface area contributed by atoms with Crippen LogP contribution in [-0.2, 0) is 6.54 Å². The van der Waals surface area contributed by atoms with Crippen LogP contribution in [0.4, 0.5) is 4.39 Å². The minimum absolute atomic E-state index is 0.0413. The molecule has 6 heteroatoms. The highest BCUT2D eigenvalue weighted by Gasteiger charge is 2.15. The third-order valence-electron chi connectivity index (χ3n) is 5.04. The van der Waals surface area contributed by atoms with Crippen LogP contribution in [0, 0.1) is 19.7 Å². The van der Waals surface area contributed by atoms with Crippen LogP contribution < -0.4 is 5.56 Å². The smallest absolute Gasteiger partial charge is 0.276 e. The van der Waals surface area contributed by atoms with E-state index in [0.29, 0.717) is 11.2 Å². The largest absolute Gasteiger partial charge is 0.386 e. The first-order valence-electron chi connectivity index (χ1n) is 9.03. The molecular formula is C22H20FN3O2. The first kappa shape index (κ1) is 18.1. The van der Waals surface area contributed by atoms with E-state index in [-0.39, 0.29) is 17.7 Å². The van der Waals surface area contributed by atoms with Crippen molar-refractivity contribution in [3.63, 3.8) is 0 Å². The van der Waals surface area contributed by atoms with E-state index in [9.17, 15) is 14.3 Å². The molecule has 4 aromatic rings. The maximum atomic E-state index is 13.9. The highest BCUT2D eigenvalue weighted by molar-refractivity contribution is 5.66. The van der Waals surface area contributed by atoms with Crippen molar-refractivity contribution in [3.05, 3.63) is 93.8 Å². The molecule has 0 saturated heterocycles. The van der Waals surface area contributed by atoms with Gasteiger partial charge in [-0.25, -0.2) is 8.91 Å². The first-order chi connectivity index (χ1) is 13.4. The van der Waals surface area contributed by atoms with Gasteiger partial charge in [-0.15, -0.1) is 0 Å². The van der Waals surface area contributed by atoms with Crippen molar-refractivity contribution in [2.45, 2.75) is 26.5 Å². The SMILES string of the molecule is Cc1ccc(-c2cc3c(=O)n(CC(O)c4ccccc4F)ccn3n2)cc1C. The van der Waals surface area contributed by atoms with Crippen molar-refractivity contribution in [2.24, 2.45) is 0 Å². The van der Waals surface area contributed by atoms with Gasteiger partial charge >= 0.3 is 0 Å². The molecule has 0 saturated carbocycles. The summed E-state index contributed by atoms with van der Waals surface area (Å²) in [6.45, 7) is 4.04. The van der Waals surface area contributed by atoms with E-state index in [2.05, 4.69) is 5.10 Å². The summed E-state index contributed by atoms with van der Waals surface area (Å²) in [6, 6.07) is 13.8. The summed E-state index contributed by atoms with van der Waals surface area (Å²) in [4.78, 5) is 12.8. The van der Waals surface area contributed by atoms with Crippen LogP contribution in [0.5, 0.6) is 0 Å². The predicted molar refractivity (Wildman–Crippen MR) is 106 cm³/mol. The fourth-order valence-electron chi connectivity index (χ4n) is 3.24. The second kappa shape index (κ2) is 7.05. The van der Waals surface area contributed by atoms with Gasteiger partial charge in [-0.2, -0.15) is 5.10 Å². The van der Waals surface area contributed by atoms with Gasteiger partial charge in [0.05, 0.1) is 18.3 Å². The monoisotopic (exact) mass is 377 g/mol. The van der Waals surface area contributed by atoms with E-state index in [1.54, 1.807) is 30.6 Å². The molecule has 2 heterocycles. The van der Waals surface area contributed by atoms with E-state index in [4.69, 9.17) is 0 Å². The Hall–Kier alpha value is -3.25. The van der Waals surface area contributed by atoms with Crippen molar-refractivity contribution < 1.29 is 9.50 Å². The van der Waals surface area contributed by atoms with Gasteiger partial charge in [0.2, 0.25) is 0 Å². The lowest BCUT2D eigenvalue weighted by molar-refractivity contribution is 0.150. The molecule has 4 rings (SSSR count). The fourth-order valence-corrected chi connectivity index (χ4v) is 3.24. The number of rotatable bonds is 4. The minimum atomic E-state index is -1.12. The molecule has 0 aliphatic heterocycles. The number of halogens is 1. The zero-order valence-electron chi connectivity index (χ0n) is 15.6. The van der Waals surface area contributed by atoms with E-state index in [0.717, 1.165) is 11.1 Å². The number of fused-ring (bicyclic) bond motifs is 1. The average Bonchev–Trinajstić information content (AvgIpc) is 3.11. The van der Waals surface area contributed by atoms with Crippen LogP contribution >= 0.6 is 0 Å². The predicted octanol–water partition coefficient (Wildman–Crippen LogP) is 3.65. The number of aryl methyl sites for hydroxylation is 2. The normalized spacial score (nSPS) is 12.4. The Balaban J connectivity index is 1.70. The standard InChI is InChI=1S/C22H20FN3O2/c1-14-7-8-16(11-15(14)2)19-12-20-22(28)25(9-10-26(20)24-19)13-21(27)17-5-3-4-6-18(17)23/h3-12,21,27H,13H2,1-2H3. The zero-order valence-corrected chi connectivity index (χ0v) is 15.6. The highest BCUT2D eigenvalue weighted by atomic mass is 19.1. The molecule has 0 aliphatic carbocycles. The van der Waals surface area contributed by atoms with Crippen molar-refractivity contribution in [1.29, 1.82) is 0 Å². The topological polar surface area (TPSA) is 59.5 Å². The van der Waals surface area contributed by atoms with Crippen LogP contribution in [0.1, 0.15) is 22.8 Å². The summed E-state index contributed by atoms with van der Waals surface area (Å²) < 4.78 is 16.8. The lowest BCUT2D eigenvalue weighted by atomic mass is 10.0. The van der Waals surface area contributed by atoms with E-state index >= 15 is 0 Å². The zero-order chi connectivity index (χ0) is 19.8. The maximum absolute atomic E-state index is 13.9. The van der Waals surface area contributed by atoms with Crippen LogP contribution in [0.3, 0.4) is 0 Å². The second-order valence-electron chi connectivity index (χ2n) is 6.95. The summed E-state index contributed by atoms with van der Waals surface area (Å²) >= 11 is 0. The summed E-state index contributed by atoms with van der Waals surface area (Å²) in [5, 5.41) is 14.9. The molecule has 0 radical (unpaired) electrons. The molecule has 0 spiro atoms. The van der Waals surface area contributed by atoms with Gasteiger partial charge in [0.1, 0.15) is 11.3 Å². The van der Waals surface area contributed by atoms with Crippen molar-refractivity contribution in [2.75, 3.05) is 0 Å². The highest BCUT2D eigenvalue weighted by Crippen LogP contribution is 2.22. The van der Waals surface area contributed by atoms with Crippen molar-refractivity contribution in [1.82, 2.24) is 14.2 Å². The number of hydrogen-bond donors (Lipinski definition) is 1. The maximum Gasteiger partial charge on any atom is 0.276 e. The second-order valence-corrected chi connectivity index (χ2v) is 6.95. The van der Waals surface area contributed by atoms with Gasteiger partial charge in [0.15, 0.2) is 0 Å². The fraction of sp³-hybridized carbons (Fsp3) is 0.182. The van der Waals surface area contributed by atoms with Gasteiger partial charge in [-0.05, 0) is 43.2 Å². The molecule has 2 aromatic carbocycles. The van der Waals surface area contributed by atoms with Gasteiger partial charge in [0.25, 0.3) is 5.56 Å². The minimum Gasteiger partial charge on any atom is -0.386 e. The Kier molecular flexibility index (Phi) is 4.57. The van der Waals surface area contributed by atoms with Crippen molar-refractivity contribution >= 4 is 5.52 Å². The molecule has 0 bridgehead atoms. The molecular weight excluding hydrogens is 357 g/mol. The Morgan fingerprint density at radius 1 is 1.07 bits per heavy atom. The third kappa shape index (κ3) is 3.23. The van der Waals surface area contributed by atoms with E-state index < -0.39 is 11.9 Å². The van der Waals surface area contributed by atoms with E-state index in [1.165, 1.54) is 26.8 Å². The number of benzene rings is 2. The van der Waals surface area contributed by atoms with Gasteiger partial charge in [-0.3, -0.25) is 4.79 Å². The summed E-state index contributed by atoms with van der Waals surface area (Å²) in [5.74, 6) is -0.495. The van der Waals surface area contributed by atoms with Gasteiger partial charge in [-0.1, -0.05) is 30.3 Å². The summed E-state index contributed by atoms with van der Waals surface area (Å²) in [5.41, 5.74) is 4.25. The van der Waals surface area contributed by atoms with E-state index in [1.807, 2.05) is 32.0 Å². The average molecular weight is 377 g/mol. The molecule has 1 unspecified atom stereocenters. The number of hydrogen-bond acceptors (Lipinski definition) is 3. The molecule has 2 aromatic heterocycles. The van der Waals surface area contributed by atoms with Crippen molar-refractivity contribution in [3.8, 4) is 11.3 Å². The Bertz CT molecular complexity index is 1230. The number of nitrogens with zero attached hydrogens (tertiary/aromatic N) is 3. The van der Waals surface area contributed by atoms with Crippen LogP contribution in [0.2, 0.25) is 0 Å². The lowest BCUT2D eigenvalue weighted by Crippen LogP contribution is -2.24. The Morgan fingerprint density at radius 2 is 1.86 bits per heavy atom. The van der Waals surface area contributed by atoms with Crippen LogP contribution in [0.15, 0.2) is 65.7 Å². The number of aromatic nitrogens is 3. The Labute approximate surface area is 161 Å². The molecule has 142 valence electrons.